The number of ether oxygens (including phenoxy) is 1. The van der Waals surface area contributed by atoms with Crippen molar-refractivity contribution < 1.29 is 9.53 Å². The summed E-state index contributed by atoms with van der Waals surface area (Å²) < 4.78 is 5.58. The number of methoxy groups -OCH3 is 1. The number of nitrogens with zero attached hydrogens (tertiary/aromatic N) is 3. The number of hydrogen-bond donors (Lipinski definition) is 2. The largest absolute Gasteiger partial charge is 0.481 e. The second kappa shape index (κ2) is 8.76. The van der Waals surface area contributed by atoms with Crippen molar-refractivity contribution >= 4 is 23.2 Å². The molecule has 8 heteroatoms. The summed E-state index contributed by atoms with van der Waals surface area (Å²) in [5.74, 6) is 1.38. The van der Waals surface area contributed by atoms with Crippen LogP contribution in [0.25, 0.3) is 11.1 Å². The van der Waals surface area contributed by atoms with Crippen LogP contribution in [-0.2, 0) is 24.4 Å². The minimum absolute atomic E-state index is 0.0994. The Morgan fingerprint density at radius 3 is 2.72 bits per heavy atom. The fourth-order valence-electron chi connectivity index (χ4n) is 4.21. The highest BCUT2D eigenvalue weighted by atomic mass is 35.5. The van der Waals surface area contributed by atoms with Crippen molar-refractivity contribution in [3.63, 3.8) is 0 Å². The van der Waals surface area contributed by atoms with Gasteiger partial charge < -0.3 is 20.3 Å². The highest BCUT2D eigenvalue weighted by Gasteiger charge is 2.28. The predicted octanol–water partition coefficient (Wildman–Crippen LogP) is 3.30. The number of hydrogen-bond acceptors (Lipinski definition) is 6. The first-order chi connectivity index (χ1) is 15.6. The van der Waals surface area contributed by atoms with E-state index in [4.69, 9.17) is 21.3 Å². The van der Waals surface area contributed by atoms with Gasteiger partial charge in [-0.3, -0.25) is 4.79 Å². The van der Waals surface area contributed by atoms with Gasteiger partial charge in [0, 0.05) is 18.5 Å². The van der Waals surface area contributed by atoms with Crippen LogP contribution in [0.15, 0.2) is 48.5 Å². The van der Waals surface area contributed by atoms with Gasteiger partial charge in [-0.1, -0.05) is 54.1 Å². The fraction of sp³-hybridized carbons (Fsp3) is 0.292. The third-order valence-corrected chi connectivity index (χ3v) is 6.26. The number of amides is 1. The van der Waals surface area contributed by atoms with Gasteiger partial charge in [0.05, 0.1) is 54.8 Å². The fourth-order valence-corrected chi connectivity index (χ4v) is 4.56. The first-order valence-corrected chi connectivity index (χ1v) is 11.0. The van der Waals surface area contributed by atoms with E-state index in [1.165, 1.54) is 0 Å². The molecule has 2 aromatic carbocycles. The number of carbonyl (C=O) groups is 1. The summed E-state index contributed by atoms with van der Waals surface area (Å²) in [4.78, 5) is 22.6. The molecule has 1 fully saturated rings. The molecule has 1 unspecified atom stereocenters. The van der Waals surface area contributed by atoms with Gasteiger partial charge in [0.1, 0.15) is 5.82 Å². The average molecular weight is 450 g/mol. The molecule has 1 saturated heterocycles. The average Bonchev–Trinajstić information content (AvgIpc) is 3.22. The summed E-state index contributed by atoms with van der Waals surface area (Å²) in [7, 11) is 1.63. The van der Waals surface area contributed by atoms with Gasteiger partial charge in [0.25, 0.3) is 0 Å². The summed E-state index contributed by atoms with van der Waals surface area (Å²) in [5.41, 5.74) is 5.00. The Labute approximate surface area is 191 Å². The number of fused-ring (bicyclic) bond motifs is 1. The van der Waals surface area contributed by atoms with Crippen LogP contribution in [0.5, 0.6) is 5.88 Å². The van der Waals surface area contributed by atoms with Gasteiger partial charge in [-0.15, -0.1) is 0 Å². The maximum Gasteiger partial charge on any atom is 0.222 e. The van der Waals surface area contributed by atoms with E-state index in [0.717, 1.165) is 33.1 Å². The minimum Gasteiger partial charge on any atom is -0.481 e. The first kappa shape index (κ1) is 20.7. The van der Waals surface area contributed by atoms with Crippen LogP contribution in [0.4, 0.5) is 5.69 Å². The van der Waals surface area contributed by atoms with Crippen molar-refractivity contribution in [2.45, 2.75) is 32.1 Å². The minimum atomic E-state index is 0.0994. The Bertz CT molecular complexity index is 1150. The third kappa shape index (κ3) is 4.01. The second-order valence-electron chi connectivity index (χ2n) is 8.03. The molecule has 3 aromatic rings. The zero-order valence-corrected chi connectivity index (χ0v) is 18.5. The van der Waals surface area contributed by atoms with E-state index in [1.54, 1.807) is 7.11 Å². The molecule has 164 valence electrons. The van der Waals surface area contributed by atoms with Crippen LogP contribution in [0.3, 0.4) is 0 Å². The number of aromatic nitrogens is 2. The van der Waals surface area contributed by atoms with Crippen molar-refractivity contribution in [2.24, 2.45) is 0 Å². The summed E-state index contributed by atoms with van der Waals surface area (Å²) in [5, 5.41) is 6.89. The molecule has 0 spiro atoms. The van der Waals surface area contributed by atoms with Gasteiger partial charge >= 0.3 is 0 Å². The molecule has 2 aliphatic heterocycles. The van der Waals surface area contributed by atoms with Crippen molar-refractivity contribution in [3.05, 3.63) is 70.6 Å². The molecule has 0 saturated carbocycles. The number of nitrogens with one attached hydrogen (secondary N) is 2. The molecule has 7 nitrogen and oxygen atoms in total. The van der Waals surface area contributed by atoms with Crippen LogP contribution in [0.1, 0.15) is 23.5 Å². The topological polar surface area (TPSA) is 79.4 Å². The maximum atomic E-state index is 11.0. The lowest BCUT2D eigenvalue weighted by atomic mass is 10.0. The Kier molecular flexibility index (Phi) is 5.68. The predicted molar refractivity (Wildman–Crippen MR) is 124 cm³/mol. The molecule has 1 atom stereocenters. The van der Waals surface area contributed by atoms with Crippen molar-refractivity contribution in [1.82, 2.24) is 20.6 Å². The van der Waals surface area contributed by atoms with E-state index < -0.39 is 0 Å². The maximum absolute atomic E-state index is 11.0. The Morgan fingerprint density at radius 1 is 1.16 bits per heavy atom. The molecule has 1 amide bonds. The van der Waals surface area contributed by atoms with Crippen LogP contribution < -0.4 is 20.3 Å². The van der Waals surface area contributed by atoms with Crippen molar-refractivity contribution in [3.8, 4) is 17.0 Å². The summed E-state index contributed by atoms with van der Waals surface area (Å²) in [6, 6.07) is 16.4. The number of halogens is 1. The molecule has 0 bridgehead atoms. The molecule has 2 aliphatic rings. The molecule has 5 rings (SSSR count). The Balaban J connectivity index is 1.35. The SMILES string of the molecule is COc1nc(CNCC2CC(=O)N2)nc2c1CN(c1cccc(-c3ccccc3)c1Cl)C2. The monoisotopic (exact) mass is 449 g/mol. The number of rotatable bonds is 7. The zero-order valence-electron chi connectivity index (χ0n) is 17.8. The van der Waals surface area contributed by atoms with Crippen LogP contribution in [0, 0.1) is 0 Å². The summed E-state index contributed by atoms with van der Waals surface area (Å²) in [6.45, 7) is 2.49. The third-order valence-electron chi connectivity index (χ3n) is 5.86. The molecule has 32 heavy (non-hydrogen) atoms. The lowest BCUT2D eigenvalue weighted by Gasteiger charge is -2.26. The van der Waals surface area contributed by atoms with Gasteiger partial charge in [-0.05, 0) is 11.6 Å². The molecule has 3 heterocycles. The van der Waals surface area contributed by atoms with E-state index in [-0.39, 0.29) is 11.9 Å². The number of benzene rings is 2. The van der Waals surface area contributed by atoms with Crippen LogP contribution in [0.2, 0.25) is 5.02 Å². The van der Waals surface area contributed by atoms with E-state index in [9.17, 15) is 4.79 Å². The molecular weight excluding hydrogens is 426 g/mol. The van der Waals surface area contributed by atoms with Crippen LogP contribution in [-0.4, -0.2) is 35.6 Å². The molecule has 0 radical (unpaired) electrons. The summed E-state index contributed by atoms with van der Waals surface area (Å²) >= 11 is 6.85. The zero-order chi connectivity index (χ0) is 22.1. The van der Waals surface area contributed by atoms with Crippen LogP contribution >= 0.6 is 11.6 Å². The lowest BCUT2D eigenvalue weighted by molar-refractivity contribution is -0.128. The first-order valence-electron chi connectivity index (χ1n) is 10.6. The molecule has 1 aromatic heterocycles. The number of β-lactam (4-membered cyclic amide) rings is 1. The van der Waals surface area contributed by atoms with Gasteiger partial charge in [-0.2, -0.15) is 4.98 Å². The van der Waals surface area contributed by atoms with E-state index in [2.05, 4.69) is 32.7 Å². The highest BCUT2D eigenvalue weighted by molar-refractivity contribution is 6.36. The highest BCUT2D eigenvalue weighted by Crippen LogP contribution is 2.40. The quantitative estimate of drug-likeness (QED) is 0.539. The van der Waals surface area contributed by atoms with E-state index in [0.29, 0.717) is 44.3 Å². The molecular formula is C24H24ClN5O2. The number of carbonyl (C=O) groups excluding carboxylic acids is 1. The van der Waals surface area contributed by atoms with Crippen molar-refractivity contribution in [2.75, 3.05) is 18.6 Å². The van der Waals surface area contributed by atoms with Gasteiger partial charge in [-0.25, -0.2) is 4.98 Å². The van der Waals surface area contributed by atoms with Gasteiger partial charge in [0.15, 0.2) is 0 Å². The lowest BCUT2D eigenvalue weighted by Crippen LogP contribution is -2.53. The molecule has 0 aliphatic carbocycles. The second-order valence-corrected chi connectivity index (χ2v) is 8.41. The Hall–Kier alpha value is -3.16. The van der Waals surface area contributed by atoms with E-state index >= 15 is 0 Å². The smallest absolute Gasteiger partial charge is 0.222 e. The molecule has 2 N–H and O–H groups in total. The standard InChI is InChI=1S/C24H24ClN5O2/c1-32-24-18-13-30(20-9-5-8-17(23(20)25)15-6-3-2-4-7-15)14-19(18)28-21(29-24)12-26-11-16-10-22(31)27-16/h2-9,16,26H,10-14H2,1H3,(H,27,31). The van der Waals surface area contributed by atoms with E-state index in [1.807, 2.05) is 36.4 Å². The van der Waals surface area contributed by atoms with Gasteiger partial charge in [0.2, 0.25) is 11.8 Å². The Morgan fingerprint density at radius 2 is 1.97 bits per heavy atom. The van der Waals surface area contributed by atoms with Crippen molar-refractivity contribution in [1.29, 1.82) is 0 Å². The normalized spacial score (nSPS) is 17.0. The number of anilines is 1. The summed E-state index contributed by atoms with van der Waals surface area (Å²) in [6.07, 6.45) is 0.569.